The van der Waals surface area contributed by atoms with Gasteiger partial charge in [0.15, 0.2) is 11.6 Å². The van der Waals surface area contributed by atoms with E-state index in [4.69, 9.17) is 9.47 Å². The summed E-state index contributed by atoms with van der Waals surface area (Å²) in [7, 11) is 1.64. The third-order valence-electron chi connectivity index (χ3n) is 4.27. The van der Waals surface area contributed by atoms with Crippen LogP contribution in [0.2, 0.25) is 0 Å². The second kappa shape index (κ2) is 7.09. The van der Waals surface area contributed by atoms with Crippen LogP contribution in [-0.2, 0) is 21.6 Å². The average Bonchev–Trinajstić information content (AvgIpc) is 2.72. The molecule has 0 aromatic heterocycles. The van der Waals surface area contributed by atoms with Crippen LogP contribution >= 0.6 is 11.8 Å². The first kappa shape index (κ1) is 17.2. The molecular formula is C20H22O3S. The maximum atomic E-state index is 12.8. The number of ether oxygens (including phenoxy) is 2. The van der Waals surface area contributed by atoms with Crippen LogP contribution in [0, 0.1) is 0 Å². The molecule has 0 amide bonds. The SMILES string of the molecule is COC(C)(C)OCCc1ccc2c(c1)SCc1ccccc1C2=O. The molecule has 3 nitrogen and oxygen atoms in total. The normalized spacial score (nSPS) is 14.0. The third kappa shape index (κ3) is 3.72. The van der Waals surface area contributed by atoms with Gasteiger partial charge in [-0.25, -0.2) is 0 Å². The summed E-state index contributed by atoms with van der Waals surface area (Å²) in [5, 5.41) is 0. The standard InChI is InChI=1S/C20H22O3S/c1-20(2,22-3)23-11-10-14-8-9-17-18(12-14)24-13-15-6-4-5-7-16(15)19(17)21/h4-9,12H,10-11,13H2,1-3H3. The van der Waals surface area contributed by atoms with Crippen molar-refractivity contribution in [2.24, 2.45) is 0 Å². The molecule has 1 heterocycles. The van der Waals surface area contributed by atoms with Gasteiger partial charge in [0.25, 0.3) is 0 Å². The van der Waals surface area contributed by atoms with Crippen molar-refractivity contribution in [2.75, 3.05) is 13.7 Å². The number of benzene rings is 2. The van der Waals surface area contributed by atoms with Crippen molar-refractivity contribution in [3.8, 4) is 0 Å². The molecule has 0 N–H and O–H groups in total. The van der Waals surface area contributed by atoms with E-state index in [9.17, 15) is 4.79 Å². The van der Waals surface area contributed by atoms with E-state index in [2.05, 4.69) is 6.07 Å². The summed E-state index contributed by atoms with van der Waals surface area (Å²) >= 11 is 1.73. The summed E-state index contributed by atoms with van der Waals surface area (Å²) in [5.74, 6) is 0.373. The first-order chi connectivity index (χ1) is 11.5. The molecule has 4 heteroatoms. The second-order valence-electron chi connectivity index (χ2n) is 6.31. The van der Waals surface area contributed by atoms with Crippen LogP contribution in [0.3, 0.4) is 0 Å². The van der Waals surface area contributed by atoms with Crippen molar-refractivity contribution >= 4 is 17.5 Å². The highest BCUT2D eigenvalue weighted by Gasteiger charge is 2.21. The van der Waals surface area contributed by atoms with Crippen molar-refractivity contribution in [1.29, 1.82) is 0 Å². The van der Waals surface area contributed by atoms with Gasteiger partial charge in [0.1, 0.15) is 0 Å². The van der Waals surface area contributed by atoms with Crippen molar-refractivity contribution < 1.29 is 14.3 Å². The highest BCUT2D eigenvalue weighted by molar-refractivity contribution is 7.98. The number of ketones is 1. The van der Waals surface area contributed by atoms with E-state index in [0.29, 0.717) is 6.61 Å². The Morgan fingerprint density at radius 2 is 1.92 bits per heavy atom. The Bertz CT molecular complexity index is 752. The number of hydrogen-bond acceptors (Lipinski definition) is 4. The third-order valence-corrected chi connectivity index (χ3v) is 5.37. The molecule has 2 aromatic carbocycles. The van der Waals surface area contributed by atoms with E-state index in [1.54, 1.807) is 18.9 Å². The zero-order valence-corrected chi connectivity index (χ0v) is 15.1. The number of fused-ring (bicyclic) bond motifs is 2. The second-order valence-corrected chi connectivity index (χ2v) is 7.33. The molecule has 0 bridgehead atoms. The van der Waals surface area contributed by atoms with Gasteiger partial charge in [0, 0.05) is 28.9 Å². The van der Waals surface area contributed by atoms with Crippen molar-refractivity contribution in [3.05, 3.63) is 64.7 Å². The van der Waals surface area contributed by atoms with Gasteiger partial charge in [-0.3, -0.25) is 4.79 Å². The van der Waals surface area contributed by atoms with E-state index in [1.165, 1.54) is 5.56 Å². The zero-order chi connectivity index (χ0) is 17.2. The van der Waals surface area contributed by atoms with Crippen molar-refractivity contribution in [2.45, 2.75) is 36.7 Å². The Morgan fingerprint density at radius 1 is 1.12 bits per heavy atom. The van der Waals surface area contributed by atoms with E-state index in [1.807, 2.05) is 50.2 Å². The van der Waals surface area contributed by atoms with Crippen LogP contribution in [0.1, 0.15) is 40.9 Å². The summed E-state index contributed by atoms with van der Waals surface area (Å²) in [4.78, 5) is 13.8. The van der Waals surface area contributed by atoms with Gasteiger partial charge in [0.05, 0.1) is 6.61 Å². The fraction of sp³-hybridized carbons (Fsp3) is 0.350. The lowest BCUT2D eigenvalue weighted by molar-refractivity contribution is -0.196. The number of thioether (sulfide) groups is 1. The molecule has 0 fully saturated rings. The Kier molecular flexibility index (Phi) is 5.09. The number of hydrogen-bond donors (Lipinski definition) is 0. The van der Waals surface area contributed by atoms with Crippen molar-refractivity contribution in [1.82, 2.24) is 0 Å². The van der Waals surface area contributed by atoms with E-state index < -0.39 is 5.79 Å². The van der Waals surface area contributed by atoms with Crippen LogP contribution in [-0.4, -0.2) is 25.3 Å². The summed E-state index contributed by atoms with van der Waals surface area (Å²) in [6.07, 6.45) is 0.793. The predicted molar refractivity (Wildman–Crippen MR) is 96.6 cm³/mol. The summed E-state index contributed by atoms with van der Waals surface area (Å²) in [6, 6.07) is 14.0. The smallest absolute Gasteiger partial charge is 0.194 e. The van der Waals surface area contributed by atoms with Gasteiger partial charge in [-0.05, 0) is 43.5 Å². The molecule has 1 aliphatic rings. The van der Waals surface area contributed by atoms with Gasteiger partial charge in [-0.15, -0.1) is 11.8 Å². The minimum atomic E-state index is -0.571. The first-order valence-electron chi connectivity index (χ1n) is 8.07. The molecular weight excluding hydrogens is 320 g/mol. The summed E-state index contributed by atoms with van der Waals surface area (Å²) < 4.78 is 11.0. The van der Waals surface area contributed by atoms with Gasteiger partial charge in [-0.2, -0.15) is 0 Å². The molecule has 0 unspecified atom stereocenters. The maximum absolute atomic E-state index is 12.8. The minimum absolute atomic E-state index is 0.119. The molecule has 126 valence electrons. The average molecular weight is 342 g/mol. The van der Waals surface area contributed by atoms with Crippen LogP contribution in [0.5, 0.6) is 0 Å². The number of carbonyl (C=O) groups excluding carboxylic acids is 1. The number of rotatable bonds is 5. The van der Waals surface area contributed by atoms with E-state index in [-0.39, 0.29) is 5.78 Å². The molecule has 0 radical (unpaired) electrons. The topological polar surface area (TPSA) is 35.5 Å². The van der Waals surface area contributed by atoms with Crippen LogP contribution in [0.25, 0.3) is 0 Å². The first-order valence-corrected chi connectivity index (χ1v) is 9.06. The predicted octanol–water partition coefficient (Wildman–Crippen LogP) is 4.46. The highest BCUT2D eigenvalue weighted by atomic mass is 32.2. The van der Waals surface area contributed by atoms with Gasteiger partial charge >= 0.3 is 0 Å². The van der Waals surface area contributed by atoms with Gasteiger partial charge in [-0.1, -0.05) is 30.3 Å². The molecule has 3 rings (SSSR count). The monoisotopic (exact) mass is 342 g/mol. The van der Waals surface area contributed by atoms with Gasteiger partial charge < -0.3 is 9.47 Å². The molecule has 0 saturated carbocycles. The lowest BCUT2D eigenvalue weighted by Gasteiger charge is -2.23. The molecule has 2 aromatic rings. The summed E-state index contributed by atoms with van der Waals surface area (Å²) in [6.45, 7) is 4.38. The molecule has 0 saturated heterocycles. The van der Waals surface area contributed by atoms with Crippen LogP contribution < -0.4 is 0 Å². The number of methoxy groups -OCH3 is 1. The van der Waals surface area contributed by atoms with E-state index >= 15 is 0 Å². The molecule has 0 atom stereocenters. The van der Waals surface area contributed by atoms with Crippen LogP contribution in [0.15, 0.2) is 47.4 Å². The molecule has 0 aliphatic carbocycles. The Labute approximate surface area is 147 Å². The fourth-order valence-corrected chi connectivity index (χ4v) is 3.78. The molecule has 1 aliphatic heterocycles. The zero-order valence-electron chi connectivity index (χ0n) is 14.3. The Hall–Kier alpha value is -1.62. The maximum Gasteiger partial charge on any atom is 0.194 e. The Balaban J connectivity index is 1.77. The molecule has 0 spiro atoms. The van der Waals surface area contributed by atoms with Crippen LogP contribution in [0.4, 0.5) is 0 Å². The quantitative estimate of drug-likeness (QED) is 0.751. The van der Waals surface area contributed by atoms with Crippen molar-refractivity contribution in [3.63, 3.8) is 0 Å². The summed E-state index contributed by atoms with van der Waals surface area (Å²) in [5.41, 5.74) is 3.90. The highest BCUT2D eigenvalue weighted by Crippen LogP contribution is 2.34. The fourth-order valence-electron chi connectivity index (χ4n) is 2.67. The lowest BCUT2D eigenvalue weighted by atomic mass is 9.98. The van der Waals surface area contributed by atoms with E-state index in [0.717, 1.165) is 33.8 Å². The Morgan fingerprint density at radius 3 is 2.71 bits per heavy atom. The van der Waals surface area contributed by atoms with Gasteiger partial charge in [0.2, 0.25) is 0 Å². The largest absolute Gasteiger partial charge is 0.354 e. The molecule has 24 heavy (non-hydrogen) atoms. The lowest BCUT2D eigenvalue weighted by Crippen LogP contribution is -2.27. The number of carbonyl (C=O) groups is 1. The minimum Gasteiger partial charge on any atom is -0.354 e.